The van der Waals surface area contributed by atoms with Crippen molar-refractivity contribution < 1.29 is 14.6 Å². The number of amides is 1. The van der Waals surface area contributed by atoms with Crippen LogP contribution in [-0.2, 0) is 4.74 Å². The van der Waals surface area contributed by atoms with Gasteiger partial charge in [-0.05, 0) is 18.9 Å². The van der Waals surface area contributed by atoms with Gasteiger partial charge in [0.2, 0.25) is 0 Å². The first-order valence-corrected chi connectivity index (χ1v) is 9.20. The van der Waals surface area contributed by atoms with E-state index in [0.717, 1.165) is 34.6 Å². The molecule has 0 aromatic carbocycles. The normalized spacial score (nSPS) is 17.8. The fraction of sp³-hybridized carbons (Fsp3) is 0.588. The SMILES string of the molecule is Cc1c(C(=O)NCC(C)(C)CO)sc2ncnc(NC3CCOC3)c12. The van der Waals surface area contributed by atoms with Crippen molar-refractivity contribution in [2.75, 3.05) is 31.7 Å². The number of carbonyl (C=O) groups excluding carboxylic acids is 1. The van der Waals surface area contributed by atoms with Crippen molar-refractivity contribution in [3.05, 3.63) is 16.8 Å². The Morgan fingerprint density at radius 2 is 2.28 bits per heavy atom. The molecule has 1 unspecified atom stereocenters. The zero-order valence-corrected chi connectivity index (χ0v) is 15.6. The Kier molecular flexibility index (Phi) is 5.21. The molecule has 1 fully saturated rings. The van der Waals surface area contributed by atoms with E-state index >= 15 is 0 Å². The molecule has 2 aromatic heterocycles. The molecule has 3 N–H and O–H groups in total. The average molecular weight is 364 g/mol. The minimum absolute atomic E-state index is 0.0156. The van der Waals surface area contributed by atoms with Gasteiger partial charge in [-0.15, -0.1) is 11.3 Å². The number of carbonyl (C=O) groups is 1. The third-order valence-electron chi connectivity index (χ3n) is 4.36. The molecule has 0 spiro atoms. The van der Waals surface area contributed by atoms with Crippen molar-refractivity contribution in [2.24, 2.45) is 5.41 Å². The highest BCUT2D eigenvalue weighted by molar-refractivity contribution is 7.20. The molecule has 3 rings (SSSR count). The molecular weight excluding hydrogens is 340 g/mol. The summed E-state index contributed by atoms with van der Waals surface area (Å²) in [5, 5.41) is 16.5. The van der Waals surface area contributed by atoms with Gasteiger partial charge in [0.25, 0.3) is 5.91 Å². The van der Waals surface area contributed by atoms with Gasteiger partial charge in [-0.2, -0.15) is 0 Å². The molecule has 0 radical (unpaired) electrons. The number of anilines is 1. The van der Waals surface area contributed by atoms with Crippen LogP contribution < -0.4 is 10.6 Å². The number of nitrogens with zero attached hydrogens (tertiary/aromatic N) is 2. The summed E-state index contributed by atoms with van der Waals surface area (Å²) >= 11 is 1.37. The molecule has 0 saturated carbocycles. The third kappa shape index (κ3) is 3.91. The monoisotopic (exact) mass is 364 g/mol. The predicted molar refractivity (Wildman–Crippen MR) is 98.2 cm³/mol. The highest BCUT2D eigenvalue weighted by Gasteiger charge is 2.24. The van der Waals surface area contributed by atoms with Crippen LogP contribution in [0.5, 0.6) is 0 Å². The van der Waals surface area contributed by atoms with Gasteiger partial charge in [0.1, 0.15) is 17.0 Å². The fourth-order valence-electron chi connectivity index (χ4n) is 2.70. The zero-order valence-electron chi connectivity index (χ0n) is 14.8. The lowest BCUT2D eigenvalue weighted by atomic mass is 9.95. The van der Waals surface area contributed by atoms with E-state index in [9.17, 15) is 9.90 Å². The summed E-state index contributed by atoms with van der Waals surface area (Å²) in [5.41, 5.74) is 0.524. The van der Waals surface area contributed by atoms with Crippen LogP contribution >= 0.6 is 11.3 Å². The van der Waals surface area contributed by atoms with Gasteiger partial charge in [0, 0.05) is 25.2 Å². The number of hydrogen-bond donors (Lipinski definition) is 3. The van der Waals surface area contributed by atoms with E-state index in [0.29, 0.717) is 18.0 Å². The molecule has 3 heterocycles. The maximum absolute atomic E-state index is 12.6. The van der Waals surface area contributed by atoms with Crippen molar-refractivity contribution in [2.45, 2.75) is 33.2 Å². The number of ether oxygens (including phenoxy) is 1. The van der Waals surface area contributed by atoms with Crippen LogP contribution in [0.25, 0.3) is 10.2 Å². The van der Waals surface area contributed by atoms with Gasteiger partial charge >= 0.3 is 0 Å². The molecule has 0 aliphatic carbocycles. The molecule has 136 valence electrons. The Bertz CT molecular complexity index is 769. The number of hydrogen-bond acceptors (Lipinski definition) is 7. The van der Waals surface area contributed by atoms with Crippen LogP contribution in [0.2, 0.25) is 0 Å². The fourth-order valence-corrected chi connectivity index (χ4v) is 3.76. The van der Waals surface area contributed by atoms with E-state index < -0.39 is 0 Å². The lowest BCUT2D eigenvalue weighted by Crippen LogP contribution is -2.35. The van der Waals surface area contributed by atoms with Crippen molar-refractivity contribution >= 4 is 33.3 Å². The number of aliphatic hydroxyl groups excluding tert-OH is 1. The summed E-state index contributed by atoms with van der Waals surface area (Å²) in [4.78, 5) is 22.7. The lowest BCUT2D eigenvalue weighted by molar-refractivity contribution is 0.0914. The van der Waals surface area contributed by atoms with Crippen molar-refractivity contribution in [1.82, 2.24) is 15.3 Å². The molecule has 1 aliphatic heterocycles. The maximum atomic E-state index is 12.6. The Labute approximate surface area is 150 Å². The van der Waals surface area contributed by atoms with Crippen LogP contribution in [0.4, 0.5) is 5.82 Å². The Balaban J connectivity index is 1.85. The van der Waals surface area contributed by atoms with Gasteiger partial charge in [-0.1, -0.05) is 13.8 Å². The molecular formula is C17H24N4O3S. The highest BCUT2D eigenvalue weighted by Crippen LogP contribution is 2.34. The maximum Gasteiger partial charge on any atom is 0.261 e. The van der Waals surface area contributed by atoms with Crippen LogP contribution in [-0.4, -0.2) is 53.4 Å². The van der Waals surface area contributed by atoms with Crippen molar-refractivity contribution in [3.63, 3.8) is 0 Å². The van der Waals surface area contributed by atoms with E-state index in [4.69, 9.17) is 4.74 Å². The second kappa shape index (κ2) is 7.23. The second-order valence-corrected chi connectivity index (χ2v) is 8.17. The van der Waals surface area contributed by atoms with Crippen LogP contribution in [0, 0.1) is 12.3 Å². The van der Waals surface area contributed by atoms with Gasteiger partial charge in [-0.25, -0.2) is 9.97 Å². The topological polar surface area (TPSA) is 96.4 Å². The number of aromatic nitrogens is 2. The van der Waals surface area contributed by atoms with E-state index in [2.05, 4.69) is 20.6 Å². The smallest absolute Gasteiger partial charge is 0.261 e. The number of aryl methyl sites for hydroxylation is 1. The average Bonchev–Trinajstić information content (AvgIpc) is 3.21. The number of thiophene rings is 1. The number of rotatable bonds is 6. The zero-order chi connectivity index (χ0) is 18.0. The summed E-state index contributed by atoms with van der Waals surface area (Å²) in [7, 11) is 0. The van der Waals surface area contributed by atoms with E-state index in [1.165, 1.54) is 17.7 Å². The highest BCUT2D eigenvalue weighted by atomic mass is 32.1. The standard InChI is InChI=1S/C17H24N4O3S/c1-10-12-14(21-11-4-5-24-6-11)19-9-20-16(12)25-13(10)15(23)18-7-17(2,3)8-22/h9,11,22H,4-8H2,1-3H3,(H,18,23)(H,19,20,21). The molecule has 1 aliphatic rings. The minimum Gasteiger partial charge on any atom is -0.396 e. The Hall–Kier alpha value is -1.77. The van der Waals surface area contributed by atoms with Crippen LogP contribution in [0.1, 0.15) is 35.5 Å². The predicted octanol–water partition coefficient (Wildman–Crippen LogP) is 1.95. The second-order valence-electron chi connectivity index (χ2n) is 7.17. The summed E-state index contributed by atoms with van der Waals surface area (Å²) in [6.07, 6.45) is 2.46. The van der Waals surface area contributed by atoms with E-state index in [-0.39, 0.29) is 24.0 Å². The quantitative estimate of drug-likeness (QED) is 0.725. The van der Waals surface area contributed by atoms with Crippen LogP contribution in [0.3, 0.4) is 0 Å². The molecule has 1 amide bonds. The molecule has 0 bridgehead atoms. The minimum atomic E-state index is -0.352. The first-order valence-electron chi connectivity index (χ1n) is 8.39. The molecule has 8 heteroatoms. The third-order valence-corrected chi connectivity index (χ3v) is 5.56. The Morgan fingerprint density at radius 1 is 1.48 bits per heavy atom. The summed E-state index contributed by atoms with van der Waals surface area (Å²) < 4.78 is 5.40. The molecule has 7 nitrogen and oxygen atoms in total. The van der Waals surface area contributed by atoms with Gasteiger partial charge in [0.15, 0.2) is 0 Å². The Morgan fingerprint density at radius 3 is 2.96 bits per heavy atom. The van der Waals surface area contributed by atoms with Crippen molar-refractivity contribution in [3.8, 4) is 0 Å². The van der Waals surface area contributed by atoms with Crippen molar-refractivity contribution in [1.29, 1.82) is 0 Å². The van der Waals surface area contributed by atoms with Gasteiger partial charge < -0.3 is 20.5 Å². The molecule has 1 saturated heterocycles. The lowest BCUT2D eigenvalue weighted by Gasteiger charge is -2.21. The summed E-state index contributed by atoms with van der Waals surface area (Å²) in [5.74, 6) is 0.612. The summed E-state index contributed by atoms with van der Waals surface area (Å²) in [6, 6.07) is 0.236. The molecule has 1 atom stereocenters. The molecule has 25 heavy (non-hydrogen) atoms. The van der Waals surface area contributed by atoms with Gasteiger partial charge in [0.05, 0.1) is 22.9 Å². The van der Waals surface area contributed by atoms with Gasteiger partial charge in [-0.3, -0.25) is 4.79 Å². The van der Waals surface area contributed by atoms with Crippen LogP contribution in [0.15, 0.2) is 6.33 Å². The number of nitrogens with one attached hydrogen (secondary N) is 2. The molecule has 2 aromatic rings. The van der Waals surface area contributed by atoms with E-state index in [1.54, 1.807) is 0 Å². The van der Waals surface area contributed by atoms with E-state index in [1.807, 2.05) is 20.8 Å². The summed E-state index contributed by atoms with van der Waals surface area (Å²) in [6.45, 7) is 7.57. The first-order chi connectivity index (χ1) is 11.9. The number of fused-ring (bicyclic) bond motifs is 1. The largest absolute Gasteiger partial charge is 0.396 e. The number of aliphatic hydroxyl groups is 1. The first kappa shape index (κ1) is 18.0.